The van der Waals surface area contributed by atoms with E-state index in [1.807, 2.05) is 12.1 Å². The molecule has 0 atom stereocenters. The normalized spacial score (nSPS) is 11.0. The minimum absolute atomic E-state index is 0.0342. The maximum atomic E-state index is 12.5. The van der Waals surface area contributed by atoms with Gasteiger partial charge in [0.1, 0.15) is 22.8 Å². The van der Waals surface area contributed by atoms with Gasteiger partial charge in [-0.3, -0.25) is 4.79 Å². The molecule has 4 nitrogen and oxygen atoms in total. The summed E-state index contributed by atoms with van der Waals surface area (Å²) in [5.41, 5.74) is 1.48. The van der Waals surface area contributed by atoms with E-state index in [1.165, 1.54) is 12.1 Å². The van der Waals surface area contributed by atoms with Crippen LogP contribution in [0.15, 0.2) is 48.5 Å². The molecule has 3 rings (SSSR count). The van der Waals surface area contributed by atoms with Crippen molar-refractivity contribution in [2.45, 2.75) is 6.92 Å². The zero-order chi connectivity index (χ0) is 16.7. The number of halogens is 2. The third kappa shape index (κ3) is 2.77. The smallest absolute Gasteiger partial charge is 0.196 e. The third-order valence-corrected chi connectivity index (χ3v) is 4.74. The lowest BCUT2D eigenvalue weighted by molar-refractivity contribution is 0.409. The molecule has 0 aliphatic rings. The number of phenolic OH excluding ortho intramolecular Hbond substituents is 1. The summed E-state index contributed by atoms with van der Waals surface area (Å²) in [5, 5.41) is 9.91. The maximum absolute atomic E-state index is 12.5. The molecule has 0 aliphatic heterocycles. The molecule has 1 heterocycles. The summed E-state index contributed by atoms with van der Waals surface area (Å²) in [5.74, 6) is 1.18. The number of fused-ring (bicyclic) bond motifs is 1. The van der Waals surface area contributed by atoms with Crippen LogP contribution in [0.25, 0.3) is 22.3 Å². The SMILES string of the molecule is COc1c(Br)cc(-c2oc3ccc(O)cc3c(=O)c2C)cc1Br. The van der Waals surface area contributed by atoms with Crippen LogP contribution in [-0.4, -0.2) is 12.2 Å². The molecule has 1 aromatic heterocycles. The summed E-state index contributed by atoms with van der Waals surface area (Å²) < 4.78 is 12.7. The van der Waals surface area contributed by atoms with Crippen LogP contribution in [0.2, 0.25) is 0 Å². The van der Waals surface area contributed by atoms with Crippen molar-refractivity contribution in [2.24, 2.45) is 0 Å². The number of phenols is 1. The highest BCUT2D eigenvalue weighted by molar-refractivity contribution is 9.11. The van der Waals surface area contributed by atoms with Crippen molar-refractivity contribution in [3.63, 3.8) is 0 Å². The van der Waals surface area contributed by atoms with Gasteiger partial charge in [0.15, 0.2) is 5.43 Å². The molecule has 3 aromatic rings. The fourth-order valence-electron chi connectivity index (χ4n) is 2.44. The van der Waals surface area contributed by atoms with E-state index >= 15 is 0 Å². The van der Waals surface area contributed by atoms with E-state index in [1.54, 1.807) is 20.1 Å². The first-order chi connectivity index (χ1) is 10.9. The Morgan fingerprint density at radius 1 is 1.13 bits per heavy atom. The molecule has 23 heavy (non-hydrogen) atoms. The van der Waals surface area contributed by atoms with Crippen LogP contribution in [0.1, 0.15) is 5.56 Å². The van der Waals surface area contributed by atoms with E-state index in [-0.39, 0.29) is 11.2 Å². The average Bonchev–Trinajstić information content (AvgIpc) is 2.51. The molecule has 0 unspecified atom stereocenters. The average molecular weight is 440 g/mol. The summed E-state index contributed by atoms with van der Waals surface area (Å²) in [6.07, 6.45) is 0. The first-order valence-electron chi connectivity index (χ1n) is 6.72. The summed E-state index contributed by atoms with van der Waals surface area (Å²) in [6.45, 7) is 1.71. The number of benzene rings is 2. The summed E-state index contributed by atoms with van der Waals surface area (Å²) in [4.78, 5) is 12.5. The number of hydrogen-bond donors (Lipinski definition) is 1. The Balaban J connectivity index is 2.31. The van der Waals surface area contributed by atoms with Gasteiger partial charge in [-0.1, -0.05) is 0 Å². The predicted molar refractivity (Wildman–Crippen MR) is 96.3 cm³/mol. The van der Waals surface area contributed by atoms with Gasteiger partial charge in [0, 0.05) is 11.1 Å². The van der Waals surface area contributed by atoms with Crippen molar-refractivity contribution in [3.8, 4) is 22.8 Å². The van der Waals surface area contributed by atoms with Crippen molar-refractivity contribution in [3.05, 3.63) is 55.1 Å². The largest absolute Gasteiger partial charge is 0.508 e. The van der Waals surface area contributed by atoms with Gasteiger partial charge in [0.25, 0.3) is 0 Å². The van der Waals surface area contributed by atoms with Crippen LogP contribution in [0, 0.1) is 6.92 Å². The molecule has 0 fully saturated rings. The molecule has 0 aliphatic carbocycles. The van der Waals surface area contributed by atoms with Gasteiger partial charge in [0.05, 0.1) is 21.4 Å². The number of ether oxygens (including phenoxy) is 1. The van der Waals surface area contributed by atoms with Crippen molar-refractivity contribution in [1.29, 1.82) is 0 Å². The highest BCUT2D eigenvalue weighted by Gasteiger charge is 2.16. The predicted octanol–water partition coefficient (Wildman–Crippen LogP) is 5.01. The van der Waals surface area contributed by atoms with Crippen molar-refractivity contribution in [1.82, 2.24) is 0 Å². The molecule has 118 valence electrons. The Hall–Kier alpha value is -1.79. The zero-order valence-electron chi connectivity index (χ0n) is 12.3. The Morgan fingerprint density at radius 3 is 2.39 bits per heavy atom. The molecule has 6 heteroatoms. The molecule has 1 N–H and O–H groups in total. The Bertz CT molecular complexity index is 953. The van der Waals surface area contributed by atoms with Crippen LogP contribution in [0.4, 0.5) is 0 Å². The van der Waals surface area contributed by atoms with Crippen molar-refractivity contribution in [2.75, 3.05) is 7.11 Å². The van der Waals surface area contributed by atoms with Crippen molar-refractivity contribution >= 4 is 42.8 Å². The molecule has 0 amide bonds. The Morgan fingerprint density at radius 2 is 1.78 bits per heavy atom. The Labute approximate surface area is 149 Å². The lowest BCUT2D eigenvalue weighted by atomic mass is 10.1. The second-order valence-electron chi connectivity index (χ2n) is 5.04. The van der Waals surface area contributed by atoms with Crippen LogP contribution < -0.4 is 10.2 Å². The number of aromatic hydroxyl groups is 1. The standard InChI is InChI=1S/C17H12Br2O4/c1-8-15(21)11-7-10(20)3-4-14(11)23-16(8)9-5-12(18)17(22-2)13(19)6-9/h3-7,20H,1-2H3. The van der Waals surface area contributed by atoms with Crippen LogP contribution in [-0.2, 0) is 0 Å². The maximum Gasteiger partial charge on any atom is 0.196 e. The monoisotopic (exact) mass is 438 g/mol. The lowest BCUT2D eigenvalue weighted by Gasteiger charge is -2.11. The summed E-state index contributed by atoms with van der Waals surface area (Å²) in [6, 6.07) is 8.16. The van der Waals surface area contributed by atoms with E-state index in [9.17, 15) is 9.90 Å². The van der Waals surface area contributed by atoms with Gasteiger partial charge in [-0.2, -0.15) is 0 Å². The van der Waals surface area contributed by atoms with Crippen LogP contribution >= 0.6 is 31.9 Å². The Kier molecular flexibility index (Phi) is 4.21. The molecular formula is C17H12Br2O4. The third-order valence-electron chi connectivity index (χ3n) is 3.57. The first-order valence-corrected chi connectivity index (χ1v) is 8.31. The van der Waals surface area contributed by atoms with E-state index in [0.717, 1.165) is 14.5 Å². The fourth-order valence-corrected chi connectivity index (χ4v) is 3.95. The van der Waals surface area contributed by atoms with Gasteiger partial charge >= 0.3 is 0 Å². The topological polar surface area (TPSA) is 59.7 Å². The number of methoxy groups -OCH3 is 1. The van der Waals surface area contributed by atoms with Gasteiger partial charge in [-0.05, 0) is 69.1 Å². The molecule has 0 spiro atoms. The van der Waals surface area contributed by atoms with E-state index < -0.39 is 0 Å². The molecule has 0 bridgehead atoms. The summed E-state index contributed by atoms with van der Waals surface area (Å²) in [7, 11) is 1.58. The van der Waals surface area contributed by atoms with Crippen molar-refractivity contribution < 1.29 is 14.3 Å². The minimum atomic E-state index is -0.166. The number of hydrogen-bond acceptors (Lipinski definition) is 4. The lowest BCUT2D eigenvalue weighted by Crippen LogP contribution is -2.07. The second-order valence-corrected chi connectivity index (χ2v) is 6.75. The van der Waals surface area contributed by atoms with Crippen LogP contribution in [0.3, 0.4) is 0 Å². The van der Waals surface area contributed by atoms with E-state index in [0.29, 0.717) is 28.0 Å². The highest BCUT2D eigenvalue weighted by Crippen LogP contribution is 2.38. The quantitative estimate of drug-likeness (QED) is 0.609. The fraction of sp³-hybridized carbons (Fsp3) is 0.118. The highest BCUT2D eigenvalue weighted by atomic mass is 79.9. The minimum Gasteiger partial charge on any atom is -0.508 e. The summed E-state index contributed by atoms with van der Waals surface area (Å²) >= 11 is 6.90. The second kappa shape index (κ2) is 6.02. The van der Waals surface area contributed by atoms with Gasteiger partial charge in [-0.15, -0.1) is 0 Å². The zero-order valence-corrected chi connectivity index (χ0v) is 15.5. The first kappa shape index (κ1) is 16.1. The van der Waals surface area contributed by atoms with Crippen LogP contribution in [0.5, 0.6) is 11.5 Å². The molecule has 0 saturated carbocycles. The molecule has 2 aromatic carbocycles. The molecule has 0 saturated heterocycles. The number of rotatable bonds is 2. The van der Waals surface area contributed by atoms with E-state index in [2.05, 4.69) is 31.9 Å². The molecule has 0 radical (unpaired) electrons. The van der Waals surface area contributed by atoms with Gasteiger partial charge < -0.3 is 14.3 Å². The van der Waals surface area contributed by atoms with E-state index in [4.69, 9.17) is 9.15 Å². The van der Waals surface area contributed by atoms with Gasteiger partial charge in [0.2, 0.25) is 0 Å². The van der Waals surface area contributed by atoms with Gasteiger partial charge in [-0.25, -0.2) is 0 Å². The molecular weight excluding hydrogens is 428 g/mol.